The zero-order valence-electron chi connectivity index (χ0n) is 13.6. The zero-order chi connectivity index (χ0) is 15.4. The minimum atomic E-state index is 0.0432. The molecule has 0 aliphatic rings. The van der Waals surface area contributed by atoms with E-state index >= 15 is 0 Å². The van der Waals surface area contributed by atoms with Gasteiger partial charge in [-0.1, -0.05) is 68.8 Å². The molecule has 0 bridgehead atoms. The smallest absolute Gasteiger partial charge is 0.0367 e. The van der Waals surface area contributed by atoms with Gasteiger partial charge >= 0.3 is 0 Å². The van der Waals surface area contributed by atoms with Crippen LogP contribution in [-0.4, -0.2) is 0 Å². The van der Waals surface area contributed by atoms with Crippen molar-refractivity contribution in [3.63, 3.8) is 0 Å². The van der Waals surface area contributed by atoms with Crippen molar-refractivity contribution in [2.24, 2.45) is 11.7 Å². The van der Waals surface area contributed by atoms with E-state index in [2.05, 4.69) is 76.2 Å². The maximum absolute atomic E-state index is 6.67. The van der Waals surface area contributed by atoms with Crippen LogP contribution >= 0.6 is 0 Å². The van der Waals surface area contributed by atoms with Crippen LogP contribution in [-0.2, 0) is 0 Å². The van der Waals surface area contributed by atoms with Crippen LogP contribution in [0.1, 0.15) is 54.5 Å². The number of aryl methyl sites for hydroxylation is 2. The molecule has 0 aromatic heterocycles. The highest BCUT2D eigenvalue weighted by Crippen LogP contribution is 2.37. The molecule has 2 N–H and O–H groups in total. The monoisotopic (exact) mass is 281 g/mol. The van der Waals surface area contributed by atoms with Crippen molar-refractivity contribution in [1.29, 1.82) is 0 Å². The lowest BCUT2D eigenvalue weighted by molar-refractivity contribution is 0.387. The molecule has 0 saturated carbocycles. The molecule has 2 rings (SSSR count). The molecule has 1 nitrogen and oxygen atoms in total. The average Bonchev–Trinajstić information content (AvgIpc) is 2.51. The Bertz CT molecular complexity index is 574. The summed E-state index contributed by atoms with van der Waals surface area (Å²) in [4.78, 5) is 0. The van der Waals surface area contributed by atoms with Crippen LogP contribution in [0.15, 0.2) is 48.5 Å². The lowest BCUT2D eigenvalue weighted by Gasteiger charge is -2.30. The van der Waals surface area contributed by atoms with E-state index in [1.54, 1.807) is 0 Å². The second kappa shape index (κ2) is 6.91. The first-order valence-electron chi connectivity index (χ1n) is 7.92. The third-order valence-electron chi connectivity index (χ3n) is 4.74. The lowest BCUT2D eigenvalue weighted by atomic mass is 9.78. The van der Waals surface area contributed by atoms with Crippen molar-refractivity contribution in [3.05, 3.63) is 70.8 Å². The van der Waals surface area contributed by atoms with Gasteiger partial charge < -0.3 is 5.73 Å². The molecular formula is C20H27N. The molecule has 0 fully saturated rings. The van der Waals surface area contributed by atoms with Crippen molar-refractivity contribution in [1.82, 2.24) is 0 Å². The summed E-state index contributed by atoms with van der Waals surface area (Å²) in [7, 11) is 0. The first-order valence-corrected chi connectivity index (χ1v) is 7.92. The lowest BCUT2D eigenvalue weighted by Crippen LogP contribution is -2.25. The highest BCUT2D eigenvalue weighted by atomic mass is 14.7. The molecule has 112 valence electrons. The van der Waals surface area contributed by atoms with Gasteiger partial charge in [-0.3, -0.25) is 0 Å². The van der Waals surface area contributed by atoms with Gasteiger partial charge in [0.25, 0.3) is 0 Å². The Hall–Kier alpha value is -1.60. The Labute approximate surface area is 129 Å². The van der Waals surface area contributed by atoms with E-state index in [0.717, 1.165) is 6.42 Å². The Morgan fingerprint density at radius 1 is 0.905 bits per heavy atom. The highest BCUT2D eigenvalue weighted by molar-refractivity contribution is 5.34. The van der Waals surface area contributed by atoms with Crippen LogP contribution in [0, 0.1) is 19.8 Å². The first kappa shape index (κ1) is 15.8. The van der Waals surface area contributed by atoms with Crippen LogP contribution < -0.4 is 5.73 Å². The topological polar surface area (TPSA) is 26.0 Å². The third kappa shape index (κ3) is 3.54. The predicted octanol–water partition coefficient (Wildman–Crippen LogP) is 5.13. The van der Waals surface area contributed by atoms with E-state index in [9.17, 15) is 0 Å². The molecule has 0 aliphatic heterocycles. The quantitative estimate of drug-likeness (QED) is 0.807. The molecule has 1 heteroatoms. The van der Waals surface area contributed by atoms with Gasteiger partial charge in [-0.2, -0.15) is 0 Å². The predicted molar refractivity (Wildman–Crippen MR) is 91.5 cm³/mol. The summed E-state index contributed by atoms with van der Waals surface area (Å²) in [5, 5.41) is 0. The van der Waals surface area contributed by atoms with Crippen LogP contribution in [0.5, 0.6) is 0 Å². The average molecular weight is 281 g/mol. The molecule has 3 atom stereocenters. The Balaban J connectivity index is 2.38. The third-order valence-corrected chi connectivity index (χ3v) is 4.74. The van der Waals surface area contributed by atoms with E-state index in [1.807, 2.05) is 0 Å². The summed E-state index contributed by atoms with van der Waals surface area (Å²) in [6.07, 6.45) is 1.14. The normalized spacial score (nSPS) is 15.5. The van der Waals surface area contributed by atoms with Crippen LogP contribution in [0.3, 0.4) is 0 Å². The largest absolute Gasteiger partial charge is 0.323 e. The second-order valence-corrected chi connectivity index (χ2v) is 6.19. The van der Waals surface area contributed by atoms with Crippen molar-refractivity contribution in [2.45, 2.75) is 46.1 Å². The molecule has 0 amide bonds. The number of rotatable bonds is 5. The number of hydrogen-bond acceptors (Lipinski definition) is 1. The van der Waals surface area contributed by atoms with Crippen LogP contribution in [0.4, 0.5) is 0 Å². The Kier molecular flexibility index (Phi) is 5.19. The van der Waals surface area contributed by atoms with E-state index in [0.29, 0.717) is 11.8 Å². The Morgan fingerprint density at radius 3 is 2.14 bits per heavy atom. The number of nitrogens with two attached hydrogens (primary N) is 1. The molecule has 0 radical (unpaired) electrons. The van der Waals surface area contributed by atoms with Gasteiger partial charge in [0.2, 0.25) is 0 Å². The minimum Gasteiger partial charge on any atom is -0.323 e. The van der Waals surface area contributed by atoms with Gasteiger partial charge in [-0.15, -0.1) is 0 Å². The SMILES string of the molecule is CCC(C)C(c1ccccc1)C(N)c1ccc(C)c(C)c1. The van der Waals surface area contributed by atoms with E-state index in [-0.39, 0.29) is 6.04 Å². The molecule has 0 heterocycles. The summed E-state index contributed by atoms with van der Waals surface area (Å²) < 4.78 is 0. The summed E-state index contributed by atoms with van der Waals surface area (Å²) >= 11 is 0. The minimum absolute atomic E-state index is 0.0432. The van der Waals surface area contributed by atoms with Gasteiger partial charge in [0, 0.05) is 12.0 Å². The van der Waals surface area contributed by atoms with Gasteiger partial charge in [0.1, 0.15) is 0 Å². The molecule has 0 spiro atoms. The zero-order valence-corrected chi connectivity index (χ0v) is 13.6. The fourth-order valence-corrected chi connectivity index (χ4v) is 3.00. The molecular weight excluding hydrogens is 254 g/mol. The standard InChI is InChI=1S/C20H27N/c1-5-14(2)19(17-9-7-6-8-10-17)20(21)18-12-11-15(3)16(4)13-18/h6-14,19-20H,5,21H2,1-4H3. The molecule has 2 aromatic rings. The van der Waals surface area contributed by atoms with E-state index in [1.165, 1.54) is 22.3 Å². The number of benzene rings is 2. The molecule has 0 aliphatic carbocycles. The van der Waals surface area contributed by atoms with Crippen LogP contribution in [0.25, 0.3) is 0 Å². The fourth-order valence-electron chi connectivity index (χ4n) is 3.00. The van der Waals surface area contributed by atoms with Crippen molar-refractivity contribution in [2.75, 3.05) is 0 Å². The first-order chi connectivity index (χ1) is 10.0. The summed E-state index contributed by atoms with van der Waals surface area (Å²) in [5.41, 5.74) is 11.9. The number of hydrogen-bond donors (Lipinski definition) is 1. The maximum Gasteiger partial charge on any atom is 0.0367 e. The van der Waals surface area contributed by atoms with Crippen molar-refractivity contribution < 1.29 is 0 Å². The Morgan fingerprint density at radius 2 is 1.57 bits per heavy atom. The fraction of sp³-hybridized carbons (Fsp3) is 0.400. The molecule has 0 saturated heterocycles. The summed E-state index contributed by atoms with van der Waals surface area (Å²) in [6.45, 7) is 8.85. The molecule has 21 heavy (non-hydrogen) atoms. The molecule has 2 aromatic carbocycles. The van der Waals surface area contributed by atoms with Crippen LogP contribution in [0.2, 0.25) is 0 Å². The van der Waals surface area contributed by atoms with Gasteiger partial charge in [-0.05, 0) is 42.0 Å². The summed E-state index contributed by atoms with van der Waals surface area (Å²) in [5.74, 6) is 0.919. The van der Waals surface area contributed by atoms with Crippen molar-refractivity contribution >= 4 is 0 Å². The molecule has 3 unspecified atom stereocenters. The van der Waals surface area contributed by atoms with E-state index in [4.69, 9.17) is 5.73 Å². The maximum atomic E-state index is 6.67. The van der Waals surface area contributed by atoms with Crippen molar-refractivity contribution in [3.8, 4) is 0 Å². The summed E-state index contributed by atoms with van der Waals surface area (Å²) in [6, 6.07) is 17.4. The highest BCUT2D eigenvalue weighted by Gasteiger charge is 2.26. The van der Waals surface area contributed by atoms with Gasteiger partial charge in [-0.25, -0.2) is 0 Å². The second-order valence-electron chi connectivity index (χ2n) is 6.19. The van der Waals surface area contributed by atoms with E-state index < -0.39 is 0 Å². The van der Waals surface area contributed by atoms with Gasteiger partial charge in [0.15, 0.2) is 0 Å². The van der Waals surface area contributed by atoms with Gasteiger partial charge in [0.05, 0.1) is 0 Å².